The number of nitrogens with one attached hydrogen (secondary N) is 1. The Hall–Kier alpha value is -1.51. The number of anilines is 1. The van der Waals surface area contributed by atoms with Crippen LogP contribution in [0.1, 0.15) is 46.1 Å². The quantitative estimate of drug-likeness (QED) is 0.722. The van der Waals surface area contributed by atoms with Crippen molar-refractivity contribution in [3.05, 3.63) is 29.8 Å². The lowest BCUT2D eigenvalue weighted by atomic mass is 10.1. The maximum atomic E-state index is 11.5. The van der Waals surface area contributed by atoms with Crippen LogP contribution in [0.3, 0.4) is 0 Å². The molecule has 0 radical (unpaired) electrons. The fraction of sp³-hybridized carbons (Fsp3) is 0.588. The molecule has 0 fully saturated rings. The number of ether oxygens (including phenoxy) is 1. The predicted octanol–water partition coefficient (Wildman–Crippen LogP) is 4.23. The Morgan fingerprint density at radius 1 is 1.10 bits per heavy atom. The third kappa shape index (κ3) is 7.17. The van der Waals surface area contributed by atoms with E-state index in [-0.39, 0.29) is 5.97 Å². The summed E-state index contributed by atoms with van der Waals surface area (Å²) in [5, 5.41) is 3.36. The van der Waals surface area contributed by atoms with E-state index in [1.165, 1.54) is 0 Å². The average Bonchev–Trinajstić information content (AvgIpc) is 2.41. The Kier molecular flexibility index (Phi) is 7.13. The van der Waals surface area contributed by atoms with Gasteiger partial charge in [0.05, 0.1) is 0 Å². The van der Waals surface area contributed by atoms with Gasteiger partial charge in [-0.15, -0.1) is 0 Å². The van der Waals surface area contributed by atoms with Crippen molar-refractivity contribution in [2.75, 3.05) is 11.9 Å². The van der Waals surface area contributed by atoms with Gasteiger partial charge in [-0.05, 0) is 36.0 Å². The molecule has 112 valence electrons. The van der Waals surface area contributed by atoms with Gasteiger partial charge in [-0.2, -0.15) is 0 Å². The van der Waals surface area contributed by atoms with E-state index >= 15 is 0 Å². The highest BCUT2D eigenvalue weighted by Crippen LogP contribution is 2.12. The fourth-order valence-corrected chi connectivity index (χ4v) is 1.68. The van der Waals surface area contributed by atoms with Crippen molar-refractivity contribution in [1.82, 2.24) is 0 Å². The molecule has 1 N–H and O–H groups in total. The molecule has 3 heteroatoms. The summed E-state index contributed by atoms with van der Waals surface area (Å²) < 4.78 is 5.26. The van der Waals surface area contributed by atoms with Crippen LogP contribution in [0, 0.1) is 11.8 Å². The van der Waals surface area contributed by atoms with Crippen molar-refractivity contribution in [2.24, 2.45) is 11.8 Å². The van der Waals surface area contributed by atoms with Crippen LogP contribution in [0.5, 0.6) is 0 Å². The van der Waals surface area contributed by atoms with Gasteiger partial charge in [-0.25, -0.2) is 0 Å². The largest absolute Gasteiger partial charge is 0.461 e. The van der Waals surface area contributed by atoms with Gasteiger partial charge in [0, 0.05) is 18.7 Å². The maximum Gasteiger partial charge on any atom is 0.306 e. The first-order valence-electron chi connectivity index (χ1n) is 7.45. The van der Waals surface area contributed by atoms with Gasteiger partial charge in [0.15, 0.2) is 0 Å². The van der Waals surface area contributed by atoms with E-state index in [1.807, 2.05) is 24.3 Å². The van der Waals surface area contributed by atoms with E-state index in [2.05, 4.69) is 33.0 Å². The second-order valence-electron chi connectivity index (χ2n) is 6.06. The second-order valence-corrected chi connectivity index (χ2v) is 6.06. The maximum absolute atomic E-state index is 11.5. The standard InChI is InChI=1S/C17H27NO2/c1-13(2)5-10-17(19)20-12-15-6-8-16(9-7-15)18-11-14(3)4/h6-9,13-14,18H,5,10-12H2,1-4H3. The zero-order chi connectivity index (χ0) is 15.0. The molecule has 1 aromatic carbocycles. The van der Waals surface area contributed by atoms with Gasteiger partial charge in [0.25, 0.3) is 0 Å². The topological polar surface area (TPSA) is 38.3 Å². The van der Waals surface area contributed by atoms with Gasteiger partial charge < -0.3 is 10.1 Å². The molecule has 0 aliphatic carbocycles. The van der Waals surface area contributed by atoms with Crippen molar-refractivity contribution in [3.63, 3.8) is 0 Å². The Morgan fingerprint density at radius 3 is 2.30 bits per heavy atom. The molecule has 3 nitrogen and oxygen atoms in total. The molecule has 1 aromatic rings. The summed E-state index contributed by atoms with van der Waals surface area (Å²) in [5.41, 5.74) is 2.13. The molecule has 0 bridgehead atoms. The molecule has 0 atom stereocenters. The highest BCUT2D eigenvalue weighted by atomic mass is 16.5. The Labute approximate surface area is 122 Å². The van der Waals surface area contributed by atoms with Crippen LogP contribution in [-0.4, -0.2) is 12.5 Å². The first-order chi connectivity index (χ1) is 9.47. The van der Waals surface area contributed by atoms with E-state index in [1.54, 1.807) is 0 Å². The van der Waals surface area contributed by atoms with Crippen LogP contribution in [0.2, 0.25) is 0 Å². The van der Waals surface area contributed by atoms with Crippen molar-refractivity contribution in [3.8, 4) is 0 Å². The fourth-order valence-electron chi connectivity index (χ4n) is 1.68. The number of esters is 1. The lowest BCUT2D eigenvalue weighted by Gasteiger charge is -2.10. The molecule has 0 saturated carbocycles. The molecule has 0 aromatic heterocycles. The van der Waals surface area contributed by atoms with Crippen LogP contribution in [0.15, 0.2) is 24.3 Å². The highest BCUT2D eigenvalue weighted by Gasteiger charge is 2.05. The summed E-state index contributed by atoms with van der Waals surface area (Å²) in [5.74, 6) is 1.05. The SMILES string of the molecule is CC(C)CCC(=O)OCc1ccc(NCC(C)C)cc1. The van der Waals surface area contributed by atoms with Crippen molar-refractivity contribution in [2.45, 2.75) is 47.1 Å². The summed E-state index contributed by atoms with van der Waals surface area (Å²) in [4.78, 5) is 11.5. The van der Waals surface area contributed by atoms with E-state index in [4.69, 9.17) is 4.74 Å². The Bertz CT molecular complexity index is 396. The number of rotatable bonds is 8. The molecule has 0 spiro atoms. The van der Waals surface area contributed by atoms with Crippen LogP contribution in [0.25, 0.3) is 0 Å². The summed E-state index contributed by atoms with van der Waals surface area (Å²) >= 11 is 0. The number of carbonyl (C=O) groups is 1. The second kappa shape index (κ2) is 8.62. The molecule has 0 aliphatic heterocycles. The van der Waals surface area contributed by atoms with Gasteiger partial charge in [-0.1, -0.05) is 39.8 Å². The van der Waals surface area contributed by atoms with Crippen LogP contribution < -0.4 is 5.32 Å². The minimum absolute atomic E-state index is 0.110. The first-order valence-corrected chi connectivity index (χ1v) is 7.45. The molecule has 1 rings (SSSR count). The molecule has 0 saturated heterocycles. The van der Waals surface area contributed by atoms with Crippen LogP contribution >= 0.6 is 0 Å². The van der Waals surface area contributed by atoms with Gasteiger partial charge >= 0.3 is 5.97 Å². The minimum Gasteiger partial charge on any atom is -0.461 e. The lowest BCUT2D eigenvalue weighted by Crippen LogP contribution is -2.08. The van der Waals surface area contributed by atoms with Gasteiger partial charge in [0.1, 0.15) is 6.61 Å². The van der Waals surface area contributed by atoms with Gasteiger partial charge in [0.2, 0.25) is 0 Å². The summed E-state index contributed by atoms with van der Waals surface area (Å²) in [7, 11) is 0. The minimum atomic E-state index is -0.110. The first kappa shape index (κ1) is 16.5. The highest BCUT2D eigenvalue weighted by molar-refractivity contribution is 5.69. The van der Waals surface area contributed by atoms with Crippen molar-refractivity contribution < 1.29 is 9.53 Å². The van der Waals surface area contributed by atoms with E-state index in [9.17, 15) is 4.79 Å². The van der Waals surface area contributed by atoms with Crippen molar-refractivity contribution >= 4 is 11.7 Å². The number of hydrogen-bond acceptors (Lipinski definition) is 3. The Balaban J connectivity index is 2.32. The molecule has 20 heavy (non-hydrogen) atoms. The van der Waals surface area contributed by atoms with E-state index in [0.29, 0.717) is 24.9 Å². The van der Waals surface area contributed by atoms with Crippen molar-refractivity contribution in [1.29, 1.82) is 0 Å². The summed E-state index contributed by atoms with van der Waals surface area (Å²) in [6.07, 6.45) is 1.39. The number of benzene rings is 1. The molecular formula is C17H27NO2. The lowest BCUT2D eigenvalue weighted by molar-refractivity contribution is -0.145. The monoisotopic (exact) mass is 277 g/mol. The average molecular weight is 277 g/mol. The zero-order valence-corrected chi connectivity index (χ0v) is 13.1. The van der Waals surface area contributed by atoms with E-state index in [0.717, 1.165) is 24.2 Å². The normalized spacial score (nSPS) is 10.9. The zero-order valence-electron chi connectivity index (χ0n) is 13.1. The Morgan fingerprint density at radius 2 is 1.75 bits per heavy atom. The molecule has 0 heterocycles. The van der Waals surface area contributed by atoms with Crippen LogP contribution in [-0.2, 0) is 16.1 Å². The molecular weight excluding hydrogens is 250 g/mol. The number of hydrogen-bond donors (Lipinski definition) is 1. The van der Waals surface area contributed by atoms with Crippen LogP contribution in [0.4, 0.5) is 5.69 Å². The van der Waals surface area contributed by atoms with E-state index < -0.39 is 0 Å². The molecule has 0 unspecified atom stereocenters. The summed E-state index contributed by atoms with van der Waals surface area (Å²) in [6.45, 7) is 9.90. The predicted molar refractivity (Wildman–Crippen MR) is 83.6 cm³/mol. The third-order valence-electron chi connectivity index (χ3n) is 2.99. The molecule has 0 aliphatic rings. The smallest absolute Gasteiger partial charge is 0.306 e. The third-order valence-corrected chi connectivity index (χ3v) is 2.99. The molecule has 0 amide bonds. The van der Waals surface area contributed by atoms with Gasteiger partial charge in [-0.3, -0.25) is 4.79 Å². The number of carbonyl (C=O) groups excluding carboxylic acids is 1. The summed E-state index contributed by atoms with van der Waals surface area (Å²) in [6, 6.07) is 8.05.